The molecule has 8 heteroatoms. The summed E-state index contributed by atoms with van der Waals surface area (Å²) < 4.78 is 0. The molecule has 1 amide bonds. The normalized spacial score (nSPS) is 29.7. The number of hydrogen-bond acceptors (Lipinski definition) is 7. The number of rotatable bonds is 3. The van der Waals surface area contributed by atoms with Crippen molar-refractivity contribution in [1.82, 2.24) is 0 Å². The van der Waals surface area contributed by atoms with Crippen molar-refractivity contribution in [1.29, 1.82) is 0 Å². The van der Waals surface area contributed by atoms with Crippen LogP contribution >= 0.6 is 0 Å². The Morgan fingerprint density at radius 2 is 1.71 bits per heavy atom. The molecule has 4 rings (SSSR count). The number of carbonyl (C=O) groups is 6. The van der Waals surface area contributed by atoms with Gasteiger partial charge in [0.15, 0.2) is 23.1 Å². The predicted octanol–water partition coefficient (Wildman–Crippen LogP) is 1.66. The van der Waals surface area contributed by atoms with E-state index in [1.165, 1.54) is 6.07 Å². The number of hydrogen-bond donors (Lipinski definition) is 2. The smallest absolute Gasteiger partial charge is 0.224 e. The molecular formula is C23H23NO7. The van der Waals surface area contributed by atoms with Crippen LogP contribution in [-0.4, -0.2) is 39.9 Å². The topological polar surface area (TPSA) is 135 Å². The molecule has 0 radical (unpaired) electrons. The molecule has 3 aliphatic carbocycles. The van der Waals surface area contributed by atoms with E-state index in [0.717, 1.165) is 6.92 Å². The summed E-state index contributed by atoms with van der Waals surface area (Å²) in [6.07, 6.45) is 0.858. The Morgan fingerprint density at radius 1 is 1.03 bits per heavy atom. The first-order valence-electron chi connectivity index (χ1n) is 10.4. The lowest BCUT2D eigenvalue weighted by molar-refractivity contribution is -0.152. The minimum atomic E-state index is -1.43. The Labute approximate surface area is 178 Å². The molecule has 2 saturated carbocycles. The fourth-order valence-corrected chi connectivity index (χ4v) is 5.43. The zero-order valence-electron chi connectivity index (χ0n) is 17.3. The first-order chi connectivity index (χ1) is 14.6. The quantitative estimate of drug-likeness (QED) is 0.555. The van der Waals surface area contributed by atoms with Gasteiger partial charge in [-0.1, -0.05) is 13.0 Å². The summed E-state index contributed by atoms with van der Waals surface area (Å²) in [6.45, 7) is 2.81. The largest absolute Gasteiger partial charge is 0.505 e. The maximum atomic E-state index is 13.3. The summed E-state index contributed by atoms with van der Waals surface area (Å²) in [7, 11) is 0. The van der Waals surface area contributed by atoms with Crippen LogP contribution in [0.5, 0.6) is 5.75 Å². The maximum Gasteiger partial charge on any atom is 0.224 e. The summed E-state index contributed by atoms with van der Waals surface area (Å²) >= 11 is 0. The molecule has 5 unspecified atom stereocenters. The van der Waals surface area contributed by atoms with Crippen LogP contribution in [-0.2, 0) is 30.4 Å². The number of phenolic OH excluding ortho intramolecular Hbond substituents is 1. The highest BCUT2D eigenvalue weighted by Crippen LogP contribution is 2.48. The Morgan fingerprint density at radius 3 is 2.35 bits per heavy atom. The third-order valence-corrected chi connectivity index (χ3v) is 6.81. The zero-order chi connectivity index (χ0) is 22.6. The van der Waals surface area contributed by atoms with E-state index in [0.29, 0.717) is 18.4 Å². The molecule has 2 fully saturated rings. The van der Waals surface area contributed by atoms with Crippen molar-refractivity contribution in [2.75, 3.05) is 5.32 Å². The van der Waals surface area contributed by atoms with E-state index in [4.69, 9.17) is 0 Å². The highest BCUT2D eigenvalue weighted by atomic mass is 16.3. The van der Waals surface area contributed by atoms with Gasteiger partial charge in [0.1, 0.15) is 17.5 Å². The summed E-state index contributed by atoms with van der Waals surface area (Å²) in [5, 5.41) is 13.2. The minimum absolute atomic E-state index is 0.00981. The summed E-state index contributed by atoms with van der Waals surface area (Å²) in [5.41, 5.74) is 0.651. The molecule has 1 aromatic carbocycles. The Bertz CT molecular complexity index is 1060. The van der Waals surface area contributed by atoms with Crippen molar-refractivity contribution in [2.24, 2.45) is 29.6 Å². The Balaban J connectivity index is 1.71. The number of nitrogens with one attached hydrogen (secondary N) is 1. The number of phenols is 1. The van der Waals surface area contributed by atoms with E-state index in [2.05, 4.69) is 5.32 Å². The van der Waals surface area contributed by atoms with E-state index in [9.17, 15) is 33.9 Å². The molecule has 0 aliphatic heterocycles. The molecule has 0 spiro atoms. The molecule has 1 aromatic rings. The molecule has 5 atom stereocenters. The van der Waals surface area contributed by atoms with E-state index in [1.54, 1.807) is 13.0 Å². The van der Waals surface area contributed by atoms with Crippen LogP contribution in [0.25, 0.3) is 0 Å². The summed E-state index contributed by atoms with van der Waals surface area (Å²) in [4.78, 5) is 75.3. The van der Waals surface area contributed by atoms with Crippen molar-refractivity contribution >= 4 is 40.5 Å². The van der Waals surface area contributed by atoms with E-state index < -0.39 is 52.6 Å². The van der Waals surface area contributed by atoms with Crippen molar-refractivity contribution in [2.45, 2.75) is 39.5 Å². The number of Topliss-reactive ketones (excluding diaryl/α,β-unsaturated/α-hetero) is 5. The van der Waals surface area contributed by atoms with Crippen LogP contribution in [0.2, 0.25) is 0 Å². The summed E-state index contributed by atoms with van der Waals surface area (Å²) in [5.74, 6) is -8.18. The third-order valence-electron chi connectivity index (χ3n) is 6.81. The predicted molar refractivity (Wildman–Crippen MR) is 107 cm³/mol. The van der Waals surface area contributed by atoms with Crippen LogP contribution in [0.15, 0.2) is 12.1 Å². The maximum absolute atomic E-state index is 13.3. The van der Waals surface area contributed by atoms with E-state index in [-0.39, 0.29) is 41.7 Å². The molecule has 162 valence electrons. The molecule has 0 saturated heterocycles. The lowest BCUT2D eigenvalue weighted by Gasteiger charge is -2.44. The molecule has 31 heavy (non-hydrogen) atoms. The van der Waals surface area contributed by atoms with Gasteiger partial charge in [-0.2, -0.15) is 0 Å². The van der Waals surface area contributed by atoms with Crippen molar-refractivity contribution in [3.05, 3.63) is 23.3 Å². The van der Waals surface area contributed by atoms with Gasteiger partial charge in [-0.05, 0) is 43.2 Å². The second-order valence-electron chi connectivity index (χ2n) is 8.70. The fraction of sp³-hybridized carbons (Fsp3) is 0.478. The average molecular weight is 425 g/mol. The lowest BCUT2D eigenvalue weighted by Crippen LogP contribution is -2.55. The number of aromatic hydroxyl groups is 1. The summed E-state index contributed by atoms with van der Waals surface area (Å²) in [6, 6.07) is 3.17. The highest BCUT2D eigenvalue weighted by Gasteiger charge is 2.57. The van der Waals surface area contributed by atoms with Gasteiger partial charge in [-0.3, -0.25) is 28.8 Å². The average Bonchev–Trinajstić information content (AvgIpc) is 2.68. The second-order valence-corrected chi connectivity index (χ2v) is 8.70. The zero-order valence-corrected chi connectivity index (χ0v) is 17.3. The third kappa shape index (κ3) is 3.21. The first-order valence-corrected chi connectivity index (χ1v) is 10.4. The Hall–Kier alpha value is -3.16. The van der Waals surface area contributed by atoms with Crippen molar-refractivity contribution < 1.29 is 33.9 Å². The molecule has 0 aromatic heterocycles. The van der Waals surface area contributed by atoms with Crippen LogP contribution in [0.1, 0.15) is 49.0 Å². The number of amides is 1. The lowest BCUT2D eigenvalue weighted by atomic mass is 9.56. The van der Waals surface area contributed by atoms with Gasteiger partial charge in [0, 0.05) is 12.8 Å². The Kier molecular flexibility index (Phi) is 5.11. The number of benzene rings is 1. The van der Waals surface area contributed by atoms with Crippen molar-refractivity contribution in [3.8, 4) is 5.75 Å². The van der Waals surface area contributed by atoms with Gasteiger partial charge < -0.3 is 10.4 Å². The van der Waals surface area contributed by atoms with Gasteiger partial charge in [0.2, 0.25) is 5.91 Å². The fourth-order valence-electron chi connectivity index (χ4n) is 5.43. The number of fused-ring (bicyclic) bond motifs is 3. The first kappa shape index (κ1) is 21.1. The highest BCUT2D eigenvalue weighted by molar-refractivity contribution is 6.28. The van der Waals surface area contributed by atoms with Crippen LogP contribution in [0.3, 0.4) is 0 Å². The molecule has 3 aliphatic rings. The van der Waals surface area contributed by atoms with Gasteiger partial charge >= 0.3 is 0 Å². The van der Waals surface area contributed by atoms with Crippen LogP contribution in [0, 0.1) is 29.6 Å². The van der Waals surface area contributed by atoms with E-state index in [1.807, 2.05) is 0 Å². The van der Waals surface area contributed by atoms with Gasteiger partial charge in [-0.25, -0.2) is 0 Å². The van der Waals surface area contributed by atoms with Gasteiger partial charge in [-0.15, -0.1) is 0 Å². The number of ketones is 5. The SMILES string of the molecule is CCC(=O)Nc1ccc2c(c1O)C(=O)C1C(=O)C3C(=O)C(C(C)=O)C(=O)CC3CC1C2. The van der Waals surface area contributed by atoms with Gasteiger partial charge in [0.25, 0.3) is 0 Å². The van der Waals surface area contributed by atoms with Gasteiger partial charge in [0.05, 0.1) is 23.1 Å². The molecule has 0 heterocycles. The molecular weight excluding hydrogens is 402 g/mol. The molecule has 2 N–H and O–H groups in total. The van der Waals surface area contributed by atoms with E-state index >= 15 is 0 Å². The molecule has 0 bridgehead atoms. The number of anilines is 1. The van der Waals surface area contributed by atoms with Crippen LogP contribution in [0.4, 0.5) is 5.69 Å². The minimum Gasteiger partial charge on any atom is -0.505 e. The van der Waals surface area contributed by atoms with Crippen LogP contribution < -0.4 is 5.32 Å². The molecule has 8 nitrogen and oxygen atoms in total. The number of carbonyl (C=O) groups excluding carboxylic acids is 6. The monoisotopic (exact) mass is 425 g/mol. The van der Waals surface area contributed by atoms with Crippen molar-refractivity contribution in [3.63, 3.8) is 0 Å². The standard InChI is InChI=1S/C23H23NO7/c1-3-15(27)24-13-5-4-10-6-11-7-12-8-14(26)16(9(2)25)21(29)19(12)23(31)18(11)22(30)17(10)20(13)28/h4-5,11-12,16,18-19,28H,3,6-8H2,1-2H3,(H,24,27). The second kappa shape index (κ2) is 7.51.